The quantitative estimate of drug-likeness (QED) is 0.621. The van der Waals surface area contributed by atoms with Crippen LogP contribution in [0.4, 0.5) is 0 Å². The van der Waals surface area contributed by atoms with Crippen LogP contribution in [-0.2, 0) is 12.8 Å². The summed E-state index contributed by atoms with van der Waals surface area (Å²) in [6.45, 7) is 5.73. The predicted octanol–water partition coefficient (Wildman–Crippen LogP) is 2.89. The van der Waals surface area contributed by atoms with Crippen LogP contribution in [-0.4, -0.2) is 22.4 Å². The second-order valence-corrected chi connectivity index (χ2v) is 3.71. The highest BCUT2D eigenvalue weighted by molar-refractivity contribution is 6.69. The van der Waals surface area contributed by atoms with Gasteiger partial charge in [-0.25, -0.2) is 0 Å². The molecule has 4 heteroatoms. The zero-order chi connectivity index (χ0) is 12.0. The van der Waals surface area contributed by atoms with Crippen LogP contribution in [0.5, 0.6) is 0 Å². The minimum absolute atomic E-state index is 0.507. The number of hydrogen-bond donors (Lipinski definition) is 1. The first-order chi connectivity index (χ1) is 7.71. The van der Waals surface area contributed by atoms with Crippen molar-refractivity contribution in [1.82, 2.24) is 10.2 Å². The van der Waals surface area contributed by atoms with Crippen molar-refractivity contribution in [3.05, 3.63) is 41.8 Å². The Kier molecular flexibility index (Phi) is 4.99. The van der Waals surface area contributed by atoms with Gasteiger partial charge >= 0.3 is 0 Å². The molecule has 0 amide bonds. The Labute approximate surface area is 101 Å². The topological polar surface area (TPSA) is 41.0 Å². The molecule has 86 valence electrons. The number of hydrogen-bond acceptors (Lipinski definition) is 2. The second kappa shape index (κ2) is 6.28. The van der Waals surface area contributed by atoms with E-state index in [9.17, 15) is 0 Å². The fourth-order valence-electron chi connectivity index (χ4n) is 1.37. The molecule has 0 saturated heterocycles. The molecule has 3 nitrogen and oxygen atoms in total. The Morgan fingerprint density at radius 3 is 2.94 bits per heavy atom. The third kappa shape index (κ3) is 3.35. The molecule has 0 bridgehead atoms. The molecule has 1 rings (SSSR count). The van der Waals surface area contributed by atoms with Gasteiger partial charge < -0.3 is 0 Å². The first kappa shape index (κ1) is 12.7. The summed E-state index contributed by atoms with van der Waals surface area (Å²) in [6.07, 6.45) is 5.18. The van der Waals surface area contributed by atoms with E-state index in [1.807, 2.05) is 12.1 Å². The van der Waals surface area contributed by atoms with Gasteiger partial charge in [0.15, 0.2) is 0 Å². The lowest BCUT2D eigenvalue weighted by Gasteiger charge is -2.01. The molecule has 0 aromatic carbocycles. The van der Waals surface area contributed by atoms with E-state index in [0.717, 1.165) is 23.4 Å². The molecular weight excluding hydrogens is 222 g/mol. The summed E-state index contributed by atoms with van der Waals surface area (Å²) in [6, 6.07) is 2.04. The summed E-state index contributed by atoms with van der Waals surface area (Å²) in [5.41, 5.74) is 3.02. The smallest absolute Gasteiger partial charge is 0.126 e. The fourth-order valence-corrected chi connectivity index (χ4v) is 1.50. The SMILES string of the molecule is C=C/C=C(/Cc1cc(CC)n[nH]1)C(Cl)=NC. The largest absolute Gasteiger partial charge is 0.282 e. The molecule has 0 radical (unpaired) electrons. The van der Waals surface area contributed by atoms with Crippen LogP contribution in [0.2, 0.25) is 0 Å². The second-order valence-electron chi connectivity index (χ2n) is 3.36. The fraction of sp³-hybridized carbons (Fsp3) is 0.333. The van der Waals surface area contributed by atoms with Gasteiger partial charge in [0.1, 0.15) is 5.17 Å². The minimum atomic E-state index is 0.507. The number of aromatic amines is 1. The maximum atomic E-state index is 6.00. The summed E-state index contributed by atoms with van der Waals surface area (Å²) < 4.78 is 0. The summed E-state index contributed by atoms with van der Waals surface area (Å²) in [5, 5.41) is 7.66. The maximum Gasteiger partial charge on any atom is 0.126 e. The monoisotopic (exact) mass is 237 g/mol. The molecule has 0 saturated carbocycles. The van der Waals surface area contributed by atoms with Crippen molar-refractivity contribution in [2.45, 2.75) is 19.8 Å². The normalized spacial score (nSPS) is 12.9. The number of H-pyrrole nitrogens is 1. The van der Waals surface area contributed by atoms with E-state index < -0.39 is 0 Å². The van der Waals surface area contributed by atoms with Crippen molar-refractivity contribution in [3.8, 4) is 0 Å². The number of nitrogens with zero attached hydrogens (tertiary/aromatic N) is 2. The summed E-state index contributed by atoms with van der Waals surface area (Å²) >= 11 is 6.00. The third-order valence-electron chi connectivity index (χ3n) is 2.21. The first-order valence-electron chi connectivity index (χ1n) is 5.18. The molecule has 1 heterocycles. The van der Waals surface area contributed by atoms with E-state index in [1.54, 1.807) is 13.1 Å². The molecule has 1 aromatic rings. The van der Waals surface area contributed by atoms with Gasteiger partial charge in [-0.1, -0.05) is 37.3 Å². The van der Waals surface area contributed by atoms with E-state index in [1.165, 1.54) is 0 Å². The van der Waals surface area contributed by atoms with Crippen molar-refractivity contribution in [1.29, 1.82) is 0 Å². The van der Waals surface area contributed by atoms with E-state index in [0.29, 0.717) is 11.6 Å². The average molecular weight is 238 g/mol. The lowest BCUT2D eigenvalue weighted by molar-refractivity contribution is 0.948. The molecule has 0 aliphatic rings. The number of allylic oxidation sites excluding steroid dienone is 3. The van der Waals surface area contributed by atoms with Gasteiger partial charge in [0.2, 0.25) is 0 Å². The van der Waals surface area contributed by atoms with Crippen LogP contribution in [0.1, 0.15) is 18.3 Å². The molecule has 0 aliphatic carbocycles. The Morgan fingerprint density at radius 1 is 1.69 bits per heavy atom. The summed E-state index contributed by atoms with van der Waals surface area (Å²) in [5.74, 6) is 0. The van der Waals surface area contributed by atoms with Crippen molar-refractivity contribution in [3.63, 3.8) is 0 Å². The van der Waals surface area contributed by atoms with Gasteiger partial charge in [0, 0.05) is 19.2 Å². The highest BCUT2D eigenvalue weighted by Crippen LogP contribution is 2.11. The molecule has 1 aromatic heterocycles. The lowest BCUT2D eigenvalue weighted by atomic mass is 10.1. The number of aryl methyl sites for hydroxylation is 1. The Bertz CT molecular complexity index is 416. The highest BCUT2D eigenvalue weighted by Gasteiger charge is 2.06. The van der Waals surface area contributed by atoms with Crippen molar-refractivity contribution < 1.29 is 0 Å². The van der Waals surface area contributed by atoms with Gasteiger partial charge in [-0.05, 0) is 18.1 Å². The minimum Gasteiger partial charge on any atom is -0.282 e. The van der Waals surface area contributed by atoms with Crippen molar-refractivity contribution in [2.24, 2.45) is 4.99 Å². The molecular formula is C12H16ClN3. The Morgan fingerprint density at radius 2 is 2.44 bits per heavy atom. The van der Waals surface area contributed by atoms with Gasteiger partial charge in [-0.2, -0.15) is 5.10 Å². The van der Waals surface area contributed by atoms with Crippen molar-refractivity contribution in [2.75, 3.05) is 7.05 Å². The lowest BCUT2D eigenvalue weighted by Crippen LogP contribution is -1.99. The van der Waals surface area contributed by atoms with Crippen LogP contribution in [0.25, 0.3) is 0 Å². The molecule has 0 aliphatic heterocycles. The molecule has 0 atom stereocenters. The standard InChI is InChI=1S/C12H16ClN3/c1-4-6-9(12(13)14-3)7-11-8-10(5-2)15-16-11/h4,6,8H,1,5,7H2,2-3H3,(H,15,16)/b9-6-,14-12?. The highest BCUT2D eigenvalue weighted by atomic mass is 35.5. The first-order valence-corrected chi connectivity index (χ1v) is 5.56. The number of nitrogens with one attached hydrogen (secondary N) is 1. The Balaban J connectivity index is 2.84. The van der Waals surface area contributed by atoms with Crippen LogP contribution in [0.15, 0.2) is 35.4 Å². The zero-order valence-electron chi connectivity index (χ0n) is 9.63. The number of aromatic nitrogens is 2. The summed E-state index contributed by atoms with van der Waals surface area (Å²) in [4.78, 5) is 3.96. The van der Waals surface area contributed by atoms with Crippen LogP contribution in [0, 0.1) is 0 Å². The predicted molar refractivity (Wildman–Crippen MR) is 69.2 cm³/mol. The van der Waals surface area contributed by atoms with E-state index in [2.05, 4.69) is 28.7 Å². The number of halogens is 1. The van der Waals surface area contributed by atoms with Crippen LogP contribution in [0.3, 0.4) is 0 Å². The van der Waals surface area contributed by atoms with Crippen LogP contribution >= 0.6 is 11.6 Å². The van der Waals surface area contributed by atoms with E-state index >= 15 is 0 Å². The maximum absolute atomic E-state index is 6.00. The zero-order valence-corrected chi connectivity index (χ0v) is 10.4. The molecule has 0 spiro atoms. The summed E-state index contributed by atoms with van der Waals surface area (Å²) in [7, 11) is 1.67. The van der Waals surface area contributed by atoms with Gasteiger partial charge in [-0.3, -0.25) is 10.1 Å². The third-order valence-corrected chi connectivity index (χ3v) is 2.62. The van der Waals surface area contributed by atoms with Gasteiger partial charge in [-0.15, -0.1) is 0 Å². The number of aliphatic imine (C=N–C) groups is 1. The van der Waals surface area contributed by atoms with Crippen LogP contribution < -0.4 is 0 Å². The molecule has 16 heavy (non-hydrogen) atoms. The van der Waals surface area contributed by atoms with Gasteiger partial charge in [0.05, 0.1) is 5.69 Å². The molecule has 1 N–H and O–H groups in total. The average Bonchev–Trinajstić information content (AvgIpc) is 2.75. The number of rotatable bonds is 5. The molecule has 0 unspecified atom stereocenters. The van der Waals surface area contributed by atoms with Crippen molar-refractivity contribution >= 4 is 16.8 Å². The van der Waals surface area contributed by atoms with E-state index in [4.69, 9.17) is 11.6 Å². The Hall–Kier alpha value is -1.35. The van der Waals surface area contributed by atoms with E-state index in [-0.39, 0.29) is 0 Å². The molecule has 0 fully saturated rings. The van der Waals surface area contributed by atoms with Gasteiger partial charge in [0.25, 0.3) is 0 Å².